The van der Waals surface area contributed by atoms with Gasteiger partial charge in [0.1, 0.15) is 17.1 Å². The number of hydrogen-bond donors (Lipinski definition) is 0. The van der Waals surface area contributed by atoms with Crippen molar-refractivity contribution in [3.8, 4) is 11.4 Å². The number of methoxy groups -OCH3 is 1. The Labute approximate surface area is 133 Å². The van der Waals surface area contributed by atoms with Gasteiger partial charge in [0, 0.05) is 6.07 Å². The SMILES string of the molecule is COc1cccc(-n2c(C(C)Cl)nc3c(Cl)cccc32)c1. The topological polar surface area (TPSA) is 27.1 Å². The van der Waals surface area contributed by atoms with Gasteiger partial charge in [0.2, 0.25) is 0 Å². The lowest BCUT2D eigenvalue weighted by Gasteiger charge is -2.11. The van der Waals surface area contributed by atoms with Gasteiger partial charge in [-0.15, -0.1) is 11.6 Å². The Hall–Kier alpha value is -1.71. The molecular formula is C16H14Cl2N2O. The molecule has 3 nitrogen and oxygen atoms in total. The van der Waals surface area contributed by atoms with Crippen molar-refractivity contribution in [3.05, 3.63) is 53.3 Å². The summed E-state index contributed by atoms with van der Waals surface area (Å²) in [7, 11) is 1.65. The van der Waals surface area contributed by atoms with Crippen molar-refractivity contribution in [2.75, 3.05) is 7.11 Å². The molecule has 0 aliphatic carbocycles. The summed E-state index contributed by atoms with van der Waals surface area (Å²) in [6.07, 6.45) is 0. The van der Waals surface area contributed by atoms with Gasteiger partial charge in [-0.25, -0.2) is 4.98 Å². The van der Waals surface area contributed by atoms with Gasteiger partial charge in [0.25, 0.3) is 0 Å². The van der Waals surface area contributed by atoms with Crippen molar-refractivity contribution >= 4 is 34.2 Å². The van der Waals surface area contributed by atoms with Crippen molar-refractivity contribution in [1.29, 1.82) is 0 Å². The van der Waals surface area contributed by atoms with E-state index in [2.05, 4.69) is 4.98 Å². The minimum Gasteiger partial charge on any atom is -0.497 e. The average molecular weight is 321 g/mol. The molecule has 0 saturated heterocycles. The maximum Gasteiger partial charge on any atom is 0.132 e. The molecule has 0 amide bonds. The molecule has 1 unspecified atom stereocenters. The van der Waals surface area contributed by atoms with Gasteiger partial charge in [-0.3, -0.25) is 4.57 Å². The Bertz CT molecular complexity index is 796. The van der Waals surface area contributed by atoms with Gasteiger partial charge in [-0.1, -0.05) is 23.7 Å². The number of alkyl halides is 1. The second kappa shape index (κ2) is 5.58. The van der Waals surface area contributed by atoms with Crippen LogP contribution in [0.2, 0.25) is 5.02 Å². The van der Waals surface area contributed by atoms with E-state index >= 15 is 0 Å². The quantitative estimate of drug-likeness (QED) is 0.636. The molecule has 1 heterocycles. The lowest BCUT2D eigenvalue weighted by atomic mass is 10.2. The molecule has 21 heavy (non-hydrogen) atoms. The summed E-state index contributed by atoms with van der Waals surface area (Å²) in [5, 5.41) is 0.382. The minimum absolute atomic E-state index is 0.236. The zero-order valence-electron chi connectivity index (χ0n) is 11.7. The average Bonchev–Trinajstić information content (AvgIpc) is 2.88. The van der Waals surface area contributed by atoms with E-state index in [1.807, 2.05) is 54.0 Å². The largest absolute Gasteiger partial charge is 0.497 e. The van der Waals surface area contributed by atoms with Gasteiger partial charge in [0.15, 0.2) is 0 Å². The van der Waals surface area contributed by atoms with E-state index in [4.69, 9.17) is 27.9 Å². The summed E-state index contributed by atoms with van der Waals surface area (Å²) in [4.78, 5) is 4.60. The van der Waals surface area contributed by atoms with E-state index in [0.29, 0.717) is 5.02 Å². The normalized spacial score (nSPS) is 12.6. The number of nitrogens with zero attached hydrogens (tertiary/aromatic N) is 2. The van der Waals surface area contributed by atoms with E-state index in [1.54, 1.807) is 7.11 Å². The van der Waals surface area contributed by atoms with Crippen molar-refractivity contribution in [1.82, 2.24) is 9.55 Å². The number of ether oxygens (including phenoxy) is 1. The number of fused-ring (bicyclic) bond motifs is 1. The molecule has 0 aliphatic heterocycles. The highest BCUT2D eigenvalue weighted by Gasteiger charge is 2.18. The van der Waals surface area contributed by atoms with Crippen LogP contribution in [0, 0.1) is 0 Å². The summed E-state index contributed by atoms with van der Waals surface area (Å²) in [5.74, 6) is 1.54. The van der Waals surface area contributed by atoms with Crippen LogP contribution in [0.1, 0.15) is 18.1 Å². The van der Waals surface area contributed by atoms with E-state index in [-0.39, 0.29) is 5.38 Å². The third-order valence-corrected chi connectivity index (χ3v) is 3.83. The molecule has 0 fully saturated rings. The third kappa shape index (κ3) is 2.47. The summed E-state index contributed by atoms with van der Waals surface area (Å²) in [5.41, 5.74) is 2.63. The molecule has 3 rings (SSSR count). The van der Waals surface area contributed by atoms with Gasteiger partial charge >= 0.3 is 0 Å². The van der Waals surface area contributed by atoms with Crippen molar-refractivity contribution in [2.45, 2.75) is 12.3 Å². The Morgan fingerprint density at radius 2 is 1.95 bits per heavy atom. The maximum atomic E-state index is 6.30. The van der Waals surface area contributed by atoms with Crippen molar-refractivity contribution in [3.63, 3.8) is 0 Å². The molecule has 0 N–H and O–H groups in total. The number of benzene rings is 2. The predicted molar refractivity (Wildman–Crippen MR) is 86.9 cm³/mol. The highest BCUT2D eigenvalue weighted by molar-refractivity contribution is 6.35. The Morgan fingerprint density at radius 3 is 2.67 bits per heavy atom. The zero-order valence-corrected chi connectivity index (χ0v) is 13.2. The number of rotatable bonds is 3. The Kier molecular flexibility index (Phi) is 3.79. The lowest BCUT2D eigenvalue weighted by molar-refractivity contribution is 0.414. The van der Waals surface area contributed by atoms with Crippen LogP contribution in [0.3, 0.4) is 0 Å². The molecule has 1 atom stereocenters. The van der Waals surface area contributed by atoms with Crippen molar-refractivity contribution in [2.24, 2.45) is 0 Å². The van der Waals surface area contributed by atoms with Crippen LogP contribution in [0.5, 0.6) is 5.75 Å². The smallest absolute Gasteiger partial charge is 0.132 e. The molecule has 108 valence electrons. The second-order valence-electron chi connectivity index (χ2n) is 4.73. The van der Waals surface area contributed by atoms with Gasteiger partial charge < -0.3 is 4.74 Å². The number of halogens is 2. The highest BCUT2D eigenvalue weighted by atomic mass is 35.5. The molecular weight excluding hydrogens is 307 g/mol. The number of aromatic nitrogens is 2. The first kappa shape index (κ1) is 14.2. The van der Waals surface area contributed by atoms with Crippen LogP contribution in [-0.2, 0) is 0 Å². The first-order valence-electron chi connectivity index (χ1n) is 6.57. The van der Waals surface area contributed by atoms with Gasteiger partial charge in [-0.05, 0) is 31.2 Å². The number of hydrogen-bond acceptors (Lipinski definition) is 2. The molecule has 3 aromatic rings. The molecule has 2 aromatic carbocycles. The lowest BCUT2D eigenvalue weighted by Crippen LogP contribution is -2.02. The van der Waals surface area contributed by atoms with E-state index < -0.39 is 0 Å². The van der Waals surface area contributed by atoms with Crippen LogP contribution in [0.25, 0.3) is 16.7 Å². The first-order valence-corrected chi connectivity index (χ1v) is 7.38. The molecule has 0 spiro atoms. The minimum atomic E-state index is -0.236. The fourth-order valence-corrected chi connectivity index (χ4v) is 2.73. The Balaban J connectivity index is 2.33. The second-order valence-corrected chi connectivity index (χ2v) is 5.79. The fraction of sp³-hybridized carbons (Fsp3) is 0.188. The van der Waals surface area contributed by atoms with E-state index in [9.17, 15) is 0 Å². The standard InChI is InChI=1S/C16H14Cl2N2O/c1-10(17)16-19-15-13(18)7-4-8-14(15)20(16)11-5-3-6-12(9-11)21-2/h3-10H,1-2H3. The van der Waals surface area contributed by atoms with Crippen LogP contribution in [0.15, 0.2) is 42.5 Å². The molecule has 1 aromatic heterocycles. The predicted octanol–water partition coefficient (Wildman–Crippen LogP) is 4.99. The first-order chi connectivity index (χ1) is 10.1. The Morgan fingerprint density at radius 1 is 1.19 bits per heavy atom. The molecule has 5 heteroatoms. The summed E-state index contributed by atoms with van der Waals surface area (Å²) in [6, 6.07) is 13.5. The zero-order chi connectivity index (χ0) is 15.0. The van der Waals surface area contributed by atoms with Crippen LogP contribution in [-0.4, -0.2) is 16.7 Å². The fourth-order valence-electron chi connectivity index (χ4n) is 2.37. The monoisotopic (exact) mass is 320 g/mol. The van der Waals surface area contributed by atoms with Crippen LogP contribution >= 0.6 is 23.2 Å². The van der Waals surface area contributed by atoms with Gasteiger partial charge in [-0.2, -0.15) is 0 Å². The van der Waals surface area contributed by atoms with Crippen LogP contribution < -0.4 is 4.74 Å². The number of imidazole rings is 1. The highest BCUT2D eigenvalue weighted by Crippen LogP contribution is 2.32. The van der Waals surface area contributed by atoms with Crippen LogP contribution in [0.4, 0.5) is 0 Å². The summed E-state index contributed by atoms with van der Waals surface area (Å²) < 4.78 is 7.31. The summed E-state index contributed by atoms with van der Waals surface area (Å²) in [6.45, 7) is 1.90. The van der Waals surface area contributed by atoms with Gasteiger partial charge in [0.05, 0.1) is 28.7 Å². The number of para-hydroxylation sites is 1. The maximum absolute atomic E-state index is 6.30. The summed E-state index contributed by atoms with van der Waals surface area (Å²) >= 11 is 12.5. The van der Waals surface area contributed by atoms with E-state index in [0.717, 1.165) is 28.3 Å². The molecule has 0 bridgehead atoms. The third-order valence-electron chi connectivity index (χ3n) is 3.33. The van der Waals surface area contributed by atoms with Crippen molar-refractivity contribution < 1.29 is 4.74 Å². The molecule has 0 saturated carbocycles. The molecule has 0 radical (unpaired) electrons. The molecule has 0 aliphatic rings. The van der Waals surface area contributed by atoms with E-state index in [1.165, 1.54) is 0 Å².